The van der Waals surface area contributed by atoms with Crippen molar-refractivity contribution in [2.45, 2.75) is 13.8 Å². The molecule has 0 bridgehead atoms. The minimum absolute atomic E-state index is 0. The number of hydrogen-bond donors (Lipinski definition) is 0. The standard InChI is InChI=1S/2C14H14F2NO2.2C5H5.Ti/c2*1-3-6-19-9-14(2)8-17(13(14)18)12-5-4-10(15)7-11(12)16;2*1-2-4-5-3-1;/h2*3-5H,1,6,8-9H2,2H3;2*1-5H;/q4*-1;+4. The predicted molar refractivity (Wildman–Crippen MR) is 177 cm³/mol. The molecule has 4 aromatic rings. The summed E-state index contributed by atoms with van der Waals surface area (Å²) in [5.41, 5.74) is -1.23. The van der Waals surface area contributed by atoms with Crippen molar-refractivity contribution in [3.63, 3.8) is 0 Å². The molecule has 2 unspecified atom stereocenters. The maximum absolute atomic E-state index is 13.5. The molecule has 0 N–H and O–H groups in total. The molecular formula is C38H38F4N2O4Ti. The monoisotopic (exact) mass is 710 g/mol. The molecule has 6 rings (SSSR count). The van der Waals surface area contributed by atoms with E-state index >= 15 is 0 Å². The smallest absolute Gasteiger partial charge is 0.376 e. The minimum atomic E-state index is -0.859. The van der Waals surface area contributed by atoms with Gasteiger partial charge in [-0.1, -0.05) is 12.2 Å². The predicted octanol–water partition coefficient (Wildman–Crippen LogP) is 7.45. The van der Waals surface area contributed by atoms with Crippen molar-refractivity contribution in [3.8, 4) is 0 Å². The van der Waals surface area contributed by atoms with Crippen molar-refractivity contribution in [2.24, 2.45) is 10.8 Å². The number of nitrogens with zero attached hydrogens (tertiary/aromatic N) is 2. The van der Waals surface area contributed by atoms with E-state index in [1.54, 1.807) is 26.0 Å². The van der Waals surface area contributed by atoms with E-state index in [0.29, 0.717) is 26.3 Å². The van der Waals surface area contributed by atoms with Crippen LogP contribution >= 0.6 is 0 Å². The zero-order valence-electron chi connectivity index (χ0n) is 27.4. The van der Waals surface area contributed by atoms with E-state index in [4.69, 9.17) is 9.47 Å². The number of anilines is 2. The van der Waals surface area contributed by atoms with E-state index in [9.17, 15) is 27.2 Å². The van der Waals surface area contributed by atoms with Crippen LogP contribution in [0.4, 0.5) is 28.9 Å². The Kier molecular flexibility index (Phi) is 16.6. The van der Waals surface area contributed by atoms with Crippen LogP contribution in [0.1, 0.15) is 13.8 Å². The van der Waals surface area contributed by atoms with Crippen molar-refractivity contribution >= 4 is 23.2 Å². The van der Waals surface area contributed by atoms with E-state index in [2.05, 4.69) is 13.2 Å². The molecule has 0 spiro atoms. The summed E-state index contributed by atoms with van der Waals surface area (Å²) < 4.78 is 63.1. The summed E-state index contributed by atoms with van der Waals surface area (Å²) in [6.45, 7) is 12.4. The van der Waals surface area contributed by atoms with Crippen LogP contribution in [0.5, 0.6) is 0 Å². The second-order valence-corrected chi connectivity index (χ2v) is 11.4. The molecule has 2 fully saturated rings. The molecule has 2 amide bonds. The zero-order valence-corrected chi connectivity index (χ0v) is 29.0. The van der Waals surface area contributed by atoms with Crippen LogP contribution in [-0.2, 0) is 40.8 Å². The van der Waals surface area contributed by atoms with Gasteiger partial charge in [0.15, 0.2) is 0 Å². The van der Waals surface area contributed by atoms with Gasteiger partial charge in [-0.05, 0) is 25.2 Å². The van der Waals surface area contributed by atoms with Gasteiger partial charge < -0.3 is 19.3 Å². The average Bonchev–Trinajstić information content (AvgIpc) is 3.84. The first-order valence-electron chi connectivity index (χ1n) is 15.0. The number of carbonyl (C=O) groups excluding carboxylic acids is 2. The number of amides is 2. The second kappa shape index (κ2) is 19.8. The van der Waals surface area contributed by atoms with Crippen molar-refractivity contribution < 1.29 is 58.3 Å². The Hall–Kier alpha value is -4.09. The van der Waals surface area contributed by atoms with Gasteiger partial charge in [0.25, 0.3) is 0 Å². The van der Waals surface area contributed by atoms with E-state index in [1.165, 1.54) is 21.9 Å². The van der Waals surface area contributed by atoms with Crippen LogP contribution in [0, 0.1) is 46.2 Å². The molecule has 6 nitrogen and oxygen atoms in total. The van der Waals surface area contributed by atoms with Gasteiger partial charge in [0.2, 0.25) is 11.8 Å². The van der Waals surface area contributed by atoms with E-state index in [-0.39, 0.29) is 58.1 Å². The number of carbonyl (C=O) groups is 2. The Morgan fingerprint density at radius 1 is 0.714 bits per heavy atom. The SMILES string of the molecule is C=CCOCC1(C)CN(c2ccc(F)[c-]c2F)C1=O.C=CCOCC1(C)CN(c2ccc(F)[c-]c2F)C1=O.[Ti+4].c1cc[cH-]c1.c1cc[cH-]c1. The molecule has 256 valence electrons. The van der Waals surface area contributed by atoms with Crippen molar-refractivity contribution in [2.75, 3.05) is 49.3 Å². The van der Waals surface area contributed by atoms with Gasteiger partial charge in [-0.3, -0.25) is 9.59 Å². The summed E-state index contributed by atoms with van der Waals surface area (Å²) in [6.07, 6.45) is 3.19. The zero-order chi connectivity index (χ0) is 35.2. The fourth-order valence-electron chi connectivity index (χ4n) is 4.71. The second-order valence-electron chi connectivity index (χ2n) is 11.4. The molecule has 0 aromatic heterocycles. The first kappa shape index (κ1) is 41.1. The van der Waals surface area contributed by atoms with Gasteiger partial charge in [0.05, 0.1) is 37.3 Å². The van der Waals surface area contributed by atoms with Crippen LogP contribution in [-0.4, -0.2) is 51.3 Å². The Balaban J connectivity index is 0.000000260. The van der Waals surface area contributed by atoms with Crippen LogP contribution < -0.4 is 9.80 Å². The van der Waals surface area contributed by atoms with Crippen LogP contribution in [0.2, 0.25) is 0 Å². The normalized spacial score (nSPS) is 18.9. The number of rotatable bonds is 10. The van der Waals surface area contributed by atoms with Gasteiger partial charge in [-0.25, -0.2) is 41.8 Å². The maximum Gasteiger partial charge on any atom is 4.00 e. The largest absolute Gasteiger partial charge is 4.00 e. The van der Waals surface area contributed by atoms with Crippen molar-refractivity contribution in [1.29, 1.82) is 0 Å². The first-order chi connectivity index (χ1) is 23.0. The van der Waals surface area contributed by atoms with Crippen molar-refractivity contribution in [3.05, 3.63) is 146 Å². The molecule has 4 aromatic carbocycles. The summed E-state index contributed by atoms with van der Waals surface area (Å²) in [7, 11) is 0. The molecule has 11 heteroatoms. The van der Waals surface area contributed by atoms with Crippen LogP contribution in [0.25, 0.3) is 0 Å². The van der Waals surface area contributed by atoms with Gasteiger partial charge in [-0.15, -0.1) is 49.6 Å². The summed E-state index contributed by atoms with van der Waals surface area (Å²) in [5.74, 6) is -3.77. The van der Waals surface area contributed by atoms with Gasteiger partial charge in [0.1, 0.15) is 0 Å². The summed E-state index contributed by atoms with van der Waals surface area (Å²) in [5, 5.41) is 0. The first-order valence-corrected chi connectivity index (χ1v) is 15.0. The quantitative estimate of drug-likeness (QED) is 0.0429. The van der Waals surface area contributed by atoms with Crippen LogP contribution in [0.15, 0.2) is 110 Å². The van der Waals surface area contributed by atoms with Gasteiger partial charge in [-0.2, -0.15) is 36.4 Å². The third kappa shape index (κ3) is 11.5. The molecule has 2 atom stereocenters. The van der Waals surface area contributed by atoms with Gasteiger partial charge in [0, 0.05) is 36.4 Å². The van der Waals surface area contributed by atoms with E-state index < -0.39 is 34.1 Å². The third-order valence-corrected chi connectivity index (χ3v) is 7.23. The number of hydrogen-bond acceptors (Lipinski definition) is 4. The number of halogens is 4. The number of ether oxygens (including phenoxy) is 2. The van der Waals surface area contributed by atoms with Gasteiger partial charge >= 0.3 is 21.7 Å². The maximum atomic E-state index is 13.5. The Morgan fingerprint density at radius 2 is 1.06 bits per heavy atom. The topological polar surface area (TPSA) is 59.1 Å². The molecule has 0 saturated carbocycles. The summed E-state index contributed by atoms with van der Waals surface area (Å²) in [4.78, 5) is 26.7. The molecule has 2 aliphatic heterocycles. The van der Waals surface area contributed by atoms with Crippen molar-refractivity contribution in [1.82, 2.24) is 0 Å². The van der Waals surface area contributed by atoms with Crippen LogP contribution in [0.3, 0.4) is 0 Å². The molecular weight excluding hydrogens is 672 g/mol. The molecule has 2 saturated heterocycles. The Morgan fingerprint density at radius 3 is 1.31 bits per heavy atom. The third-order valence-electron chi connectivity index (χ3n) is 7.23. The average molecular weight is 711 g/mol. The molecule has 2 aliphatic rings. The Labute approximate surface area is 300 Å². The summed E-state index contributed by atoms with van der Waals surface area (Å²) in [6, 6.07) is 28.5. The fraction of sp³-hybridized carbons (Fsp3) is 0.263. The van der Waals surface area contributed by atoms with E-state index in [0.717, 1.165) is 12.1 Å². The fourth-order valence-corrected chi connectivity index (χ4v) is 4.71. The summed E-state index contributed by atoms with van der Waals surface area (Å²) >= 11 is 0. The molecule has 0 radical (unpaired) electrons. The molecule has 0 aliphatic carbocycles. The number of β-lactam (4-membered cyclic amide) rings is 2. The minimum Gasteiger partial charge on any atom is -0.376 e. The molecule has 49 heavy (non-hydrogen) atoms. The van der Waals surface area contributed by atoms with E-state index in [1.807, 2.05) is 72.8 Å². The Bertz CT molecular complexity index is 1460. The number of benzene rings is 2. The molecule has 2 heterocycles.